The summed E-state index contributed by atoms with van der Waals surface area (Å²) in [6, 6.07) is 8.04. The molecule has 98 valence electrons. The number of anilines is 1. The van der Waals surface area contributed by atoms with Gasteiger partial charge < -0.3 is 10.6 Å². The molecule has 1 aromatic carbocycles. The maximum Gasteiger partial charge on any atom is 0.261 e. The molecule has 0 radical (unpaired) electrons. The minimum atomic E-state index is -0.0132. The highest BCUT2D eigenvalue weighted by Crippen LogP contribution is 2.38. The molecule has 0 fully saturated rings. The van der Waals surface area contributed by atoms with Gasteiger partial charge in [0.15, 0.2) is 0 Å². The van der Waals surface area contributed by atoms with Crippen molar-refractivity contribution in [3.8, 4) is 0 Å². The molecule has 2 heterocycles. The van der Waals surface area contributed by atoms with Crippen molar-refractivity contribution in [3.63, 3.8) is 0 Å². The average Bonchev–Trinajstić information content (AvgIpc) is 3.07. The summed E-state index contributed by atoms with van der Waals surface area (Å²) in [6.07, 6.45) is 4.08. The molecular weight excluding hydrogens is 240 g/mol. The molecule has 19 heavy (non-hydrogen) atoms. The van der Waals surface area contributed by atoms with Crippen LogP contribution in [0.5, 0.6) is 0 Å². The third-order valence-electron chi connectivity index (χ3n) is 3.58. The van der Waals surface area contributed by atoms with E-state index in [9.17, 15) is 4.79 Å². The van der Waals surface area contributed by atoms with Crippen molar-refractivity contribution < 1.29 is 4.79 Å². The topological polar surface area (TPSA) is 75.0 Å². The Morgan fingerprint density at radius 1 is 1.47 bits per heavy atom. The van der Waals surface area contributed by atoms with Gasteiger partial charge in [-0.2, -0.15) is 5.10 Å². The lowest BCUT2D eigenvalue weighted by molar-refractivity contribution is 0.0988. The number of aromatic amines is 1. The number of rotatable bonds is 3. The number of nitrogens with zero attached hydrogens (tertiary/aromatic N) is 2. The second-order valence-electron chi connectivity index (χ2n) is 4.74. The zero-order valence-electron chi connectivity index (χ0n) is 10.5. The lowest BCUT2D eigenvalue weighted by Gasteiger charge is -2.16. The van der Waals surface area contributed by atoms with Gasteiger partial charge in [-0.05, 0) is 24.6 Å². The summed E-state index contributed by atoms with van der Waals surface area (Å²) >= 11 is 0. The quantitative estimate of drug-likeness (QED) is 0.874. The Balaban J connectivity index is 1.94. The highest BCUT2D eigenvalue weighted by molar-refractivity contribution is 6.07. The van der Waals surface area contributed by atoms with Crippen LogP contribution >= 0.6 is 0 Å². The number of aromatic nitrogens is 2. The van der Waals surface area contributed by atoms with E-state index in [0.29, 0.717) is 24.6 Å². The van der Waals surface area contributed by atoms with E-state index in [2.05, 4.69) is 16.3 Å². The van der Waals surface area contributed by atoms with Gasteiger partial charge in [0, 0.05) is 24.3 Å². The van der Waals surface area contributed by atoms with Crippen LogP contribution in [0, 0.1) is 0 Å². The Morgan fingerprint density at radius 3 is 3.05 bits per heavy atom. The lowest BCUT2D eigenvalue weighted by atomic mass is 9.98. The summed E-state index contributed by atoms with van der Waals surface area (Å²) in [5.74, 6) is 0.317. The number of carbonyl (C=O) groups is 1. The van der Waals surface area contributed by atoms with E-state index in [0.717, 1.165) is 12.1 Å². The predicted octanol–water partition coefficient (Wildman–Crippen LogP) is 1.50. The van der Waals surface area contributed by atoms with Gasteiger partial charge in [0.2, 0.25) is 0 Å². The molecule has 2 aromatic rings. The van der Waals surface area contributed by atoms with E-state index in [1.807, 2.05) is 23.1 Å². The van der Waals surface area contributed by atoms with Gasteiger partial charge in [-0.1, -0.05) is 18.2 Å². The van der Waals surface area contributed by atoms with E-state index in [1.54, 1.807) is 12.4 Å². The first-order valence-electron chi connectivity index (χ1n) is 6.41. The molecule has 1 aliphatic heterocycles. The molecule has 5 heteroatoms. The van der Waals surface area contributed by atoms with Gasteiger partial charge in [0.1, 0.15) is 0 Å². The predicted molar refractivity (Wildman–Crippen MR) is 73.1 cm³/mol. The molecule has 5 nitrogen and oxygen atoms in total. The molecule has 3 N–H and O–H groups in total. The van der Waals surface area contributed by atoms with Crippen LogP contribution in [0.25, 0.3) is 0 Å². The molecule has 0 saturated carbocycles. The van der Waals surface area contributed by atoms with Crippen molar-refractivity contribution in [2.75, 3.05) is 18.0 Å². The Hall–Kier alpha value is -2.14. The molecule has 1 atom stereocenters. The van der Waals surface area contributed by atoms with Crippen molar-refractivity contribution in [1.29, 1.82) is 0 Å². The standard InChI is InChI=1S/C14H16N4O/c15-6-5-10-9-18(13-4-2-1-3-12(10)13)14(19)11-7-16-17-8-11/h1-4,7-8,10H,5-6,9,15H2,(H,16,17). The van der Waals surface area contributed by atoms with Crippen LogP contribution in [0.1, 0.15) is 28.3 Å². The number of amides is 1. The largest absolute Gasteiger partial charge is 0.330 e. The number of H-pyrrole nitrogens is 1. The number of benzene rings is 1. The van der Waals surface area contributed by atoms with Crippen molar-refractivity contribution in [2.24, 2.45) is 5.73 Å². The fraction of sp³-hybridized carbons (Fsp3) is 0.286. The zero-order valence-corrected chi connectivity index (χ0v) is 10.5. The molecule has 1 aromatic heterocycles. The van der Waals surface area contributed by atoms with Crippen LogP contribution in [-0.4, -0.2) is 29.2 Å². The van der Waals surface area contributed by atoms with Gasteiger partial charge in [-0.3, -0.25) is 9.89 Å². The number of hydrogen-bond donors (Lipinski definition) is 2. The summed E-state index contributed by atoms with van der Waals surface area (Å²) in [4.78, 5) is 14.3. The van der Waals surface area contributed by atoms with Crippen molar-refractivity contribution in [1.82, 2.24) is 10.2 Å². The van der Waals surface area contributed by atoms with Crippen molar-refractivity contribution >= 4 is 11.6 Å². The summed E-state index contributed by atoms with van der Waals surface area (Å²) < 4.78 is 0. The van der Waals surface area contributed by atoms with Gasteiger partial charge in [-0.25, -0.2) is 0 Å². The third-order valence-corrected chi connectivity index (χ3v) is 3.58. The second kappa shape index (κ2) is 4.85. The zero-order chi connectivity index (χ0) is 13.2. The first kappa shape index (κ1) is 11.9. The molecule has 0 aliphatic carbocycles. The van der Waals surface area contributed by atoms with E-state index < -0.39 is 0 Å². The van der Waals surface area contributed by atoms with Crippen LogP contribution in [0.3, 0.4) is 0 Å². The summed E-state index contributed by atoms with van der Waals surface area (Å²) in [5.41, 5.74) is 8.45. The SMILES string of the molecule is NCCC1CN(C(=O)c2cn[nH]c2)c2ccccc21. The molecule has 1 amide bonds. The van der Waals surface area contributed by atoms with Crippen molar-refractivity contribution in [3.05, 3.63) is 47.8 Å². The normalized spacial score (nSPS) is 17.5. The van der Waals surface area contributed by atoms with Crippen LogP contribution in [0.15, 0.2) is 36.7 Å². The minimum absolute atomic E-state index is 0.0132. The maximum absolute atomic E-state index is 12.5. The Labute approximate surface area is 111 Å². The van der Waals surface area contributed by atoms with Gasteiger partial charge in [0.25, 0.3) is 5.91 Å². The highest BCUT2D eigenvalue weighted by Gasteiger charge is 2.32. The molecule has 1 aliphatic rings. The highest BCUT2D eigenvalue weighted by atomic mass is 16.2. The molecular formula is C14H16N4O. The Morgan fingerprint density at radius 2 is 2.32 bits per heavy atom. The number of fused-ring (bicyclic) bond motifs is 1. The number of nitrogens with one attached hydrogen (secondary N) is 1. The minimum Gasteiger partial charge on any atom is -0.330 e. The Kier molecular flexibility index (Phi) is 3.05. The van der Waals surface area contributed by atoms with E-state index in [4.69, 9.17) is 5.73 Å². The lowest BCUT2D eigenvalue weighted by Crippen LogP contribution is -2.29. The fourth-order valence-electron chi connectivity index (χ4n) is 2.66. The van der Waals surface area contributed by atoms with Gasteiger partial charge >= 0.3 is 0 Å². The number of para-hydroxylation sites is 1. The number of hydrogen-bond acceptors (Lipinski definition) is 3. The monoisotopic (exact) mass is 256 g/mol. The van der Waals surface area contributed by atoms with E-state index in [-0.39, 0.29) is 5.91 Å². The van der Waals surface area contributed by atoms with Crippen LogP contribution in [0.4, 0.5) is 5.69 Å². The second-order valence-corrected chi connectivity index (χ2v) is 4.74. The van der Waals surface area contributed by atoms with Crippen LogP contribution in [-0.2, 0) is 0 Å². The smallest absolute Gasteiger partial charge is 0.261 e. The Bertz CT molecular complexity index is 579. The number of carbonyl (C=O) groups excluding carboxylic acids is 1. The summed E-state index contributed by atoms with van der Waals surface area (Å²) in [7, 11) is 0. The molecule has 1 unspecified atom stereocenters. The first-order chi connectivity index (χ1) is 9.31. The first-order valence-corrected chi connectivity index (χ1v) is 6.41. The maximum atomic E-state index is 12.5. The molecule has 0 saturated heterocycles. The average molecular weight is 256 g/mol. The summed E-state index contributed by atoms with van der Waals surface area (Å²) in [6.45, 7) is 1.33. The van der Waals surface area contributed by atoms with Gasteiger partial charge in [-0.15, -0.1) is 0 Å². The van der Waals surface area contributed by atoms with Crippen LogP contribution in [0.2, 0.25) is 0 Å². The molecule has 0 bridgehead atoms. The third kappa shape index (κ3) is 2.02. The van der Waals surface area contributed by atoms with E-state index >= 15 is 0 Å². The van der Waals surface area contributed by atoms with Crippen LogP contribution < -0.4 is 10.6 Å². The van der Waals surface area contributed by atoms with Crippen molar-refractivity contribution in [2.45, 2.75) is 12.3 Å². The summed E-state index contributed by atoms with van der Waals surface area (Å²) in [5, 5.41) is 6.51. The fourth-order valence-corrected chi connectivity index (χ4v) is 2.66. The van der Waals surface area contributed by atoms with E-state index in [1.165, 1.54) is 5.56 Å². The molecule has 0 spiro atoms. The number of nitrogens with two attached hydrogens (primary N) is 1. The van der Waals surface area contributed by atoms with Gasteiger partial charge in [0.05, 0.1) is 11.8 Å². The molecule has 3 rings (SSSR count).